The molecule has 3 rings (SSSR count). The van der Waals surface area contributed by atoms with Crippen LogP contribution in [-0.2, 0) is 0 Å². The molecule has 17 heavy (non-hydrogen) atoms. The van der Waals surface area contributed by atoms with Crippen LogP contribution in [0.5, 0.6) is 5.75 Å². The van der Waals surface area contributed by atoms with Crippen LogP contribution in [0.4, 0.5) is 0 Å². The van der Waals surface area contributed by atoms with Gasteiger partial charge < -0.3 is 4.74 Å². The van der Waals surface area contributed by atoms with Gasteiger partial charge in [0, 0.05) is 11.8 Å². The van der Waals surface area contributed by atoms with Crippen LogP contribution in [0.25, 0.3) is 16.6 Å². The van der Waals surface area contributed by atoms with Gasteiger partial charge in [-0.25, -0.2) is 4.52 Å². The average molecular weight is 224 g/mol. The summed E-state index contributed by atoms with van der Waals surface area (Å²) in [5.41, 5.74) is 3.33. The Hall–Kier alpha value is -2.29. The third kappa shape index (κ3) is 1.65. The zero-order chi connectivity index (χ0) is 11.7. The molecule has 0 unspecified atom stereocenters. The Balaban J connectivity index is 2.20. The maximum Gasteiger partial charge on any atom is 0.119 e. The number of rotatable bonds is 2. The number of benzene rings is 1. The molecule has 2 aromatic heterocycles. The highest BCUT2D eigenvalue weighted by atomic mass is 16.5. The molecule has 0 bridgehead atoms. The van der Waals surface area contributed by atoms with E-state index >= 15 is 0 Å². The van der Waals surface area contributed by atoms with Crippen LogP contribution in [0.15, 0.2) is 54.9 Å². The zero-order valence-electron chi connectivity index (χ0n) is 9.50. The Labute approximate surface area is 99.3 Å². The van der Waals surface area contributed by atoms with Crippen molar-refractivity contribution in [2.45, 2.75) is 0 Å². The SMILES string of the molecule is COc1cccc(-c2cnn3ccccc23)c1. The first-order chi connectivity index (χ1) is 8.38. The second-order valence-electron chi connectivity index (χ2n) is 3.82. The lowest BCUT2D eigenvalue weighted by Gasteiger charge is -2.03. The van der Waals surface area contributed by atoms with E-state index in [1.54, 1.807) is 7.11 Å². The molecule has 0 saturated heterocycles. The predicted molar refractivity (Wildman–Crippen MR) is 67.2 cm³/mol. The number of ether oxygens (including phenoxy) is 1. The van der Waals surface area contributed by atoms with Gasteiger partial charge in [-0.05, 0) is 29.8 Å². The predicted octanol–water partition coefficient (Wildman–Crippen LogP) is 3.01. The molecule has 0 aliphatic heterocycles. The Bertz CT molecular complexity index is 658. The minimum Gasteiger partial charge on any atom is -0.497 e. The molecule has 0 radical (unpaired) electrons. The van der Waals surface area contributed by atoms with Gasteiger partial charge in [0.15, 0.2) is 0 Å². The molecule has 3 nitrogen and oxygen atoms in total. The molecule has 0 aliphatic rings. The first kappa shape index (κ1) is 9.90. The maximum absolute atomic E-state index is 5.24. The van der Waals surface area contributed by atoms with Crippen molar-refractivity contribution in [1.82, 2.24) is 9.61 Å². The number of hydrogen-bond acceptors (Lipinski definition) is 2. The fraction of sp³-hybridized carbons (Fsp3) is 0.0714. The molecule has 0 amide bonds. The van der Waals surface area contributed by atoms with Crippen molar-refractivity contribution in [2.24, 2.45) is 0 Å². The molecular weight excluding hydrogens is 212 g/mol. The van der Waals surface area contributed by atoms with E-state index in [-0.39, 0.29) is 0 Å². The standard InChI is InChI=1S/C14H12N2O/c1-17-12-6-4-5-11(9-12)13-10-15-16-8-3-2-7-14(13)16/h2-10H,1H3. The van der Waals surface area contributed by atoms with Gasteiger partial charge in [-0.15, -0.1) is 0 Å². The number of pyridine rings is 1. The van der Waals surface area contributed by atoms with Crippen LogP contribution in [0.2, 0.25) is 0 Å². The molecule has 1 aromatic carbocycles. The Morgan fingerprint density at radius 1 is 1.12 bits per heavy atom. The largest absolute Gasteiger partial charge is 0.497 e. The van der Waals surface area contributed by atoms with Crippen molar-refractivity contribution < 1.29 is 4.74 Å². The van der Waals surface area contributed by atoms with E-state index in [9.17, 15) is 0 Å². The molecule has 0 atom stereocenters. The van der Waals surface area contributed by atoms with Gasteiger partial charge in [0.2, 0.25) is 0 Å². The molecule has 0 aliphatic carbocycles. The fourth-order valence-corrected chi connectivity index (χ4v) is 1.95. The summed E-state index contributed by atoms with van der Waals surface area (Å²) in [5, 5.41) is 4.33. The van der Waals surface area contributed by atoms with Crippen LogP contribution in [0.1, 0.15) is 0 Å². The Kier molecular flexibility index (Phi) is 2.29. The van der Waals surface area contributed by atoms with Gasteiger partial charge >= 0.3 is 0 Å². The molecule has 0 saturated carbocycles. The van der Waals surface area contributed by atoms with Crippen LogP contribution in [-0.4, -0.2) is 16.7 Å². The van der Waals surface area contributed by atoms with Crippen molar-refractivity contribution in [3.8, 4) is 16.9 Å². The average Bonchev–Trinajstić information content (AvgIpc) is 2.82. The van der Waals surface area contributed by atoms with E-state index in [1.807, 2.05) is 47.2 Å². The Morgan fingerprint density at radius 3 is 2.94 bits per heavy atom. The van der Waals surface area contributed by atoms with Gasteiger partial charge in [-0.2, -0.15) is 5.10 Å². The topological polar surface area (TPSA) is 26.5 Å². The highest BCUT2D eigenvalue weighted by molar-refractivity contribution is 5.80. The van der Waals surface area contributed by atoms with E-state index in [2.05, 4.69) is 17.2 Å². The lowest BCUT2D eigenvalue weighted by molar-refractivity contribution is 0.415. The van der Waals surface area contributed by atoms with Crippen LogP contribution in [0.3, 0.4) is 0 Å². The lowest BCUT2D eigenvalue weighted by atomic mass is 10.1. The van der Waals surface area contributed by atoms with Crippen molar-refractivity contribution >= 4 is 5.52 Å². The van der Waals surface area contributed by atoms with E-state index < -0.39 is 0 Å². The number of methoxy groups -OCH3 is 1. The molecule has 3 aromatic rings. The van der Waals surface area contributed by atoms with Crippen molar-refractivity contribution in [3.05, 3.63) is 54.9 Å². The molecule has 0 fully saturated rings. The van der Waals surface area contributed by atoms with E-state index in [1.165, 1.54) is 0 Å². The fourth-order valence-electron chi connectivity index (χ4n) is 1.95. The number of nitrogens with zero attached hydrogens (tertiary/aromatic N) is 2. The molecule has 3 heteroatoms. The van der Waals surface area contributed by atoms with E-state index in [0.717, 1.165) is 22.4 Å². The van der Waals surface area contributed by atoms with Crippen LogP contribution < -0.4 is 4.74 Å². The summed E-state index contributed by atoms with van der Waals surface area (Å²) >= 11 is 0. The van der Waals surface area contributed by atoms with Crippen LogP contribution >= 0.6 is 0 Å². The van der Waals surface area contributed by atoms with E-state index in [4.69, 9.17) is 4.74 Å². The minimum atomic E-state index is 0.859. The van der Waals surface area contributed by atoms with Gasteiger partial charge in [0.25, 0.3) is 0 Å². The van der Waals surface area contributed by atoms with Gasteiger partial charge in [0.1, 0.15) is 5.75 Å². The van der Waals surface area contributed by atoms with Gasteiger partial charge in [-0.1, -0.05) is 18.2 Å². The summed E-state index contributed by atoms with van der Waals surface area (Å²) in [6.07, 6.45) is 3.82. The summed E-state index contributed by atoms with van der Waals surface area (Å²) in [6, 6.07) is 14.0. The Morgan fingerprint density at radius 2 is 2.06 bits per heavy atom. The zero-order valence-corrected chi connectivity index (χ0v) is 9.50. The van der Waals surface area contributed by atoms with Crippen molar-refractivity contribution in [2.75, 3.05) is 7.11 Å². The summed E-state index contributed by atoms with van der Waals surface area (Å²) in [6.45, 7) is 0. The highest BCUT2D eigenvalue weighted by Gasteiger charge is 2.06. The monoisotopic (exact) mass is 224 g/mol. The van der Waals surface area contributed by atoms with Crippen LogP contribution in [0, 0.1) is 0 Å². The van der Waals surface area contributed by atoms with Crippen molar-refractivity contribution in [3.63, 3.8) is 0 Å². The summed E-state index contributed by atoms with van der Waals surface area (Å²) in [5.74, 6) is 0.859. The first-order valence-electron chi connectivity index (χ1n) is 5.45. The number of hydrogen-bond donors (Lipinski definition) is 0. The smallest absolute Gasteiger partial charge is 0.119 e. The van der Waals surface area contributed by atoms with Gasteiger partial charge in [0.05, 0.1) is 18.8 Å². The normalized spacial score (nSPS) is 10.6. The second-order valence-corrected chi connectivity index (χ2v) is 3.82. The summed E-state index contributed by atoms with van der Waals surface area (Å²) in [4.78, 5) is 0. The molecule has 0 spiro atoms. The molecule has 0 N–H and O–H groups in total. The van der Waals surface area contributed by atoms with Gasteiger partial charge in [-0.3, -0.25) is 0 Å². The molecule has 2 heterocycles. The number of aromatic nitrogens is 2. The second kappa shape index (κ2) is 3.94. The first-order valence-corrected chi connectivity index (χ1v) is 5.45. The third-order valence-corrected chi connectivity index (χ3v) is 2.81. The highest BCUT2D eigenvalue weighted by Crippen LogP contribution is 2.27. The molecular formula is C14H12N2O. The third-order valence-electron chi connectivity index (χ3n) is 2.81. The minimum absolute atomic E-state index is 0.859. The lowest BCUT2D eigenvalue weighted by Crippen LogP contribution is -1.85. The van der Waals surface area contributed by atoms with E-state index in [0.29, 0.717) is 0 Å². The summed E-state index contributed by atoms with van der Waals surface area (Å²) < 4.78 is 7.11. The maximum atomic E-state index is 5.24. The number of fused-ring (bicyclic) bond motifs is 1. The van der Waals surface area contributed by atoms with Crippen molar-refractivity contribution in [1.29, 1.82) is 0 Å². The summed E-state index contributed by atoms with van der Waals surface area (Å²) in [7, 11) is 1.68. The molecule has 84 valence electrons. The quantitative estimate of drug-likeness (QED) is 0.669.